The highest BCUT2D eigenvalue weighted by Crippen LogP contribution is 2.36. The second kappa shape index (κ2) is 5.74. The van der Waals surface area contributed by atoms with Crippen LogP contribution in [0.4, 0.5) is 0 Å². The summed E-state index contributed by atoms with van der Waals surface area (Å²) in [5, 5.41) is 2.75. The topological polar surface area (TPSA) is 38.3 Å². The van der Waals surface area contributed by atoms with E-state index in [1.807, 2.05) is 18.2 Å². The molecule has 3 unspecified atom stereocenters. The molecule has 4 heteroatoms. The average molecular weight is 294 g/mol. The normalized spacial score (nSPS) is 27.6. The molecule has 1 saturated heterocycles. The predicted octanol–water partition coefficient (Wildman–Crippen LogP) is 3.07. The maximum atomic E-state index is 12.1. The smallest absolute Gasteiger partial charge is 0.251 e. The van der Waals surface area contributed by atoms with Crippen molar-refractivity contribution >= 4 is 17.5 Å². The van der Waals surface area contributed by atoms with E-state index in [4.69, 9.17) is 16.3 Å². The average Bonchev–Trinajstić information content (AvgIpc) is 2.79. The molecule has 0 aliphatic carbocycles. The third kappa shape index (κ3) is 2.57. The largest absolute Gasteiger partial charge is 0.376 e. The number of ether oxygens (including phenoxy) is 1. The van der Waals surface area contributed by atoms with Crippen molar-refractivity contribution in [2.75, 3.05) is 13.2 Å². The van der Waals surface area contributed by atoms with Gasteiger partial charge in [-0.1, -0.05) is 19.1 Å². The summed E-state index contributed by atoms with van der Waals surface area (Å²) in [4.78, 5) is 12.1. The number of amides is 1. The quantitative estimate of drug-likeness (QED) is 0.851. The highest BCUT2D eigenvalue weighted by Gasteiger charge is 2.32. The van der Waals surface area contributed by atoms with Crippen LogP contribution < -0.4 is 5.32 Å². The zero-order valence-corrected chi connectivity index (χ0v) is 12.5. The Morgan fingerprint density at radius 2 is 2.30 bits per heavy atom. The van der Waals surface area contributed by atoms with E-state index in [2.05, 4.69) is 12.2 Å². The molecular formula is C16H20ClNO2. The van der Waals surface area contributed by atoms with Crippen molar-refractivity contribution in [3.63, 3.8) is 0 Å². The van der Waals surface area contributed by atoms with Gasteiger partial charge in [-0.3, -0.25) is 4.79 Å². The molecule has 1 aromatic carbocycles. The minimum absolute atomic E-state index is 0.0172. The zero-order chi connectivity index (χ0) is 14.1. The van der Waals surface area contributed by atoms with Crippen molar-refractivity contribution in [1.29, 1.82) is 0 Å². The van der Waals surface area contributed by atoms with Crippen LogP contribution in [0.5, 0.6) is 0 Å². The molecule has 3 nitrogen and oxygen atoms in total. The minimum atomic E-state index is -0.186. The van der Waals surface area contributed by atoms with Gasteiger partial charge in [-0.25, -0.2) is 0 Å². The van der Waals surface area contributed by atoms with Crippen LogP contribution in [0.15, 0.2) is 18.2 Å². The molecule has 20 heavy (non-hydrogen) atoms. The lowest BCUT2D eigenvalue weighted by atomic mass is 9.94. The van der Waals surface area contributed by atoms with Crippen LogP contribution in [0.2, 0.25) is 0 Å². The fraction of sp³-hybridized carbons (Fsp3) is 0.562. The molecule has 1 aromatic rings. The Kier molecular flexibility index (Phi) is 3.99. The lowest BCUT2D eigenvalue weighted by Gasteiger charge is -2.21. The van der Waals surface area contributed by atoms with Gasteiger partial charge >= 0.3 is 0 Å². The summed E-state index contributed by atoms with van der Waals surface area (Å²) in [6.45, 7) is 3.69. The molecule has 1 amide bonds. The summed E-state index contributed by atoms with van der Waals surface area (Å²) in [7, 11) is 0. The van der Waals surface area contributed by atoms with Crippen molar-refractivity contribution in [3.05, 3.63) is 34.9 Å². The van der Waals surface area contributed by atoms with E-state index in [9.17, 15) is 4.79 Å². The number of aryl methyl sites for hydroxylation is 1. The first kappa shape index (κ1) is 13.9. The van der Waals surface area contributed by atoms with E-state index in [-0.39, 0.29) is 17.4 Å². The Balaban J connectivity index is 1.89. The first-order chi connectivity index (χ1) is 9.66. The fourth-order valence-electron chi connectivity index (χ4n) is 3.05. The van der Waals surface area contributed by atoms with E-state index < -0.39 is 0 Å². The minimum Gasteiger partial charge on any atom is -0.376 e. The van der Waals surface area contributed by atoms with Gasteiger partial charge in [0.05, 0.1) is 11.5 Å². The standard InChI is InChI=1S/C16H20ClNO2/c1-10-6-8-20-15(10)14(17)12-5-4-11-3-2-7-18-16(19)13(11)9-12/h4-5,9-10,14-15H,2-3,6-8H2,1H3,(H,18,19). The lowest BCUT2D eigenvalue weighted by molar-refractivity contribution is 0.0900. The molecule has 0 aromatic heterocycles. The maximum absolute atomic E-state index is 12.1. The van der Waals surface area contributed by atoms with Crippen molar-refractivity contribution in [1.82, 2.24) is 5.32 Å². The number of rotatable bonds is 2. The van der Waals surface area contributed by atoms with Crippen LogP contribution in [0.1, 0.15) is 46.6 Å². The van der Waals surface area contributed by atoms with Gasteiger partial charge in [-0.15, -0.1) is 11.6 Å². The third-order valence-corrected chi connectivity index (χ3v) is 4.84. The Labute approximate surface area is 124 Å². The van der Waals surface area contributed by atoms with Crippen LogP contribution in [0.25, 0.3) is 0 Å². The Bertz CT molecular complexity index is 517. The SMILES string of the molecule is CC1CCOC1C(Cl)c1ccc2c(c1)C(=O)NCCC2. The van der Waals surface area contributed by atoms with Gasteiger partial charge in [-0.2, -0.15) is 0 Å². The molecule has 0 spiro atoms. The fourth-order valence-corrected chi connectivity index (χ4v) is 3.51. The number of benzene rings is 1. The number of carbonyl (C=O) groups is 1. The number of alkyl halides is 1. The van der Waals surface area contributed by atoms with Gasteiger partial charge in [-0.05, 0) is 42.4 Å². The van der Waals surface area contributed by atoms with E-state index in [0.29, 0.717) is 5.92 Å². The Hall–Kier alpha value is -1.06. The van der Waals surface area contributed by atoms with Gasteiger partial charge in [0.1, 0.15) is 0 Å². The molecule has 2 aliphatic rings. The summed E-state index contributed by atoms with van der Waals surface area (Å²) < 4.78 is 5.74. The summed E-state index contributed by atoms with van der Waals surface area (Å²) in [6, 6.07) is 6.04. The van der Waals surface area contributed by atoms with Crippen LogP contribution >= 0.6 is 11.6 Å². The number of carbonyl (C=O) groups excluding carboxylic acids is 1. The summed E-state index contributed by atoms with van der Waals surface area (Å²) in [6.07, 6.45) is 3.03. The number of nitrogens with one attached hydrogen (secondary N) is 1. The first-order valence-electron chi connectivity index (χ1n) is 7.33. The highest BCUT2D eigenvalue weighted by atomic mass is 35.5. The van der Waals surface area contributed by atoms with Gasteiger partial charge in [0.2, 0.25) is 0 Å². The third-order valence-electron chi connectivity index (χ3n) is 4.34. The zero-order valence-electron chi connectivity index (χ0n) is 11.7. The molecule has 3 atom stereocenters. The van der Waals surface area contributed by atoms with Crippen molar-refractivity contribution in [3.8, 4) is 0 Å². The molecule has 1 N–H and O–H groups in total. The lowest BCUT2D eigenvalue weighted by Crippen LogP contribution is -2.23. The first-order valence-corrected chi connectivity index (χ1v) is 7.77. The molecule has 2 aliphatic heterocycles. The van der Waals surface area contributed by atoms with E-state index in [1.165, 1.54) is 0 Å². The van der Waals surface area contributed by atoms with Crippen LogP contribution in [-0.4, -0.2) is 25.2 Å². The van der Waals surface area contributed by atoms with Gasteiger partial charge < -0.3 is 10.1 Å². The van der Waals surface area contributed by atoms with Crippen LogP contribution in [0, 0.1) is 5.92 Å². The maximum Gasteiger partial charge on any atom is 0.251 e. The highest BCUT2D eigenvalue weighted by molar-refractivity contribution is 6.21. The van der Waals surface area contributed by atoms with Gasteiger partial charge in [0.25, 0.3) is 5.91 Å². The molecule has 0 saturated carbocycles. The number of halogens is 1. The summed E-state index contributed by atoms with van der Waals surface area (Å²) in [5.41, 5.74) is 2.88. The van der Waals surface area contributed by atoms with Crippen molar-refractivity contribution < 1.29 is 9.53 Å². The molecular weight excluding hydrogens is 274 g/mol. The second-order valence-corrected chi connectivity index (χ2v) is 6.25. The summed E-state index contributed by atoms with van der Waals surface area (Å²) >= 11 is 6.58. The molecule has 3 rings (SSSR count). The monoisotopic (exact) mass is 293 g/mol. The molecule has 0 bridgehead atoms. The molecule has 108 valence electrons. The summed E-state index contributed by atoms with van der Waals surface area (Å²) in [5.74, 6) is 0.480. The molecule has 2 heterocycles. The van der Waals surface area contributed by atoms with E-state index >= 15 is 0 Å². The van der Waals surface area contributed by atoms with Crippen molar-refractivity contribution in [2.24, 2.45) is 5.92 Å². The second-order valence-electron chi connectivity index (χ2n) is 5.78. The van der Waals surface area contributed by atoms with Crippen LogP contribution in [0.3, 0.4) is 0 Å². The van der Waals surface area contributed by atoms with Gasteiger partial charge in [0.15, 0.2) is 0 Å². The van der Waals surface area contributed by atoms with Crippen LogP contribution in [-0.2, 0) is 11.2 Å². The Morgan fingerprint density at radius 1 is 1.45 bits per heavy atom. The van der Waals surface area contributed by atoms with Gasteiger partial charge in [0, 0.05) is 18.7 Å². The molecule has 1 fully saturated rings. The number of hydrogen-bond acceptors (Lipinski definition) is 2. The Morgan fingerprint density at radius 3 is 3.05 bits per heavy atom. The van der Waals surface area contributed by atoms with E-state index in [0.717, 1.165) is 49.1 Å². The van der Waals surface area contributed by atoms with E-state index in [1.54, 1.807) is 0 Å². The number of fused-ring (bicyclic) bond motifs is 1. The molecule has 0 radical (unpaired) electrons. The number of hydrogen-bond donors (Lipinski definition) is 1. The van der Waals surface area contributed by atoms with Crippen molar-refractivity contribution in [2.45, 2.75) is 37.7 Å². The predicted molar refractivity (Wildman–Crippen MR) is 79.2 cm³/mol.